The van der Waals surface area contributed by atoms with Crippen LogP contribution in [0.3, 0.4) is 0 Å². The van der Waals surface area contributed by atoms with Gasteiger partial charge in [-0.3, -0.25) is 4.79 Å². The van der Waals surface area contributed by atoms with Gasteiger partial charge in [-0.25, -0.2) is 0 Å². The first-order chi connectivity index (χ1) is 10.1. The fraction of sp³-hybridized carbons (Fsp3) is 0.188. The van der Waals surface area contributed by atoms with Crippen molar-refractivity contribution >= 4 is 23.2 Å². The van der Waals surface area contributed by atoms with Crippen LogP contribution in [0.2, 0.25) is 5.02 Å². The highest BCUT2D eigenvalue weighted by molar-refractivity contribution is 6.32. The van der Waals surface area contributed by atoms with E-state index in [-0.39, 0.29) is 12.5 Å². The predicted molar refractivity (Wildman–Crippen MR) is 83.3 cm³/mol. The second kappa shape index (κ2) is 6.99. The Morgan fingerprint density at radius 1 is 1.19 bits per heavy atom. The Hall–Kier alpha value is -2.20. The zero-order valence-electron chi connectivity index (χ0n) is 11.9. The van der Waals surface area contributed by atoms with Crippen LogP contribution in [0.1, 0.15) is 5.56 Å². The Kier molecular flexibility index (Phi) is 5.06. The molecule has 5 heteroatoms. The number of aryl methyl sites for hydroxylation is 1. The summed E-state index contributed by atoms with van der Waals surface area (Å²) in [6.07, 6.45) is 0. The molecule has 21 heavy (non-hydrogen) atoms. The molecule has 0 atom stereocenters. The fourth-order valence-corrected chi connectivity index (χ4v) is 1.91. The number of anilines is 1. The molecule has 2 rings (SSSR count). The maximum Gasteiger partial charge on any atom is 0.262 e. The highest BCUT2D eigenvalue weighted by Gasteiger charge is 2.07. The molecule has 0 fully saturated rings. The number of benzene rings is 2. The molecule has 2 aromatic carbocycles. The summed E-state index contributed by atoms with van der Waals surface area (Å²) in [5.74, 6) is 0.982. The first-order valence-electron chi connectivity index (χ1n) is 6.41. The first-order valence-corrected chi connectivity index (χ1v) is 6.79. The Balaban J connectivity index is 1.91. The molecule has 0 saturated carbocycles. The minimum Gasteiger partial charge on any atom is -0.497 e. The molecule has 0 unspecified atom stereocenters. The Morgan fingerprint density at radius 2 is 1.90 bits per heavy atom. The van der Waals surface area contributed by atoms with Crippen molar-refractivity contribution in [1.82, 2.24) is 0 Å². The van der Waals surface area contributed by atoms with Crippen LogP contribution in [-0.4, -0.2) is 19.6 Å². The number of amides is 1. The first kappa shape index (κ1) is 15.2. The maximum atomic E-state index is 11.8. The van der Waals surface area contributed by atoms with Gasteiger partial charge < -0.3 is 14.8 Å². The van der Waals surface area contributed by atoms with E-state index in [4.69, 9.17) is 21.1 Å². The average molecular weight is 306 g/mol. The second-order valence-corrected chi connectivity index (χ2v) is 4.91. The van der Waals surface area contributed by atoms with E-state index in [1.54, 1.807) is 43.5 Å². The number of carbonyl (C=O) groups is 1. The van der Waals surface area contributed by atoms with Crippen molar-refractivity contribution in [2.75, 3.05) is 19.0 Å². The Bertz CT molecular complexity index is 626. The quantitative estimate of drug-likeness (QED) is 0.916. The number of ether oxygens (including phenoxy) is 2. The van der Waals surface area contributed by atoms with E-state index in [1.807, 2.05) is 13.0 Å². The summed E-state index contributed by atoms with van der Waals surface area (Å²) >= 11 is 6.00. The van der Waals surface area contributed by atoms with Gasteiger partial charge in [-0.2, -0.15) is 0 Å². The van der Waals surface area contributed by atoms with Crippen LogP contribution in [0.15, 0.2) is 42.5 Å². The van der Waals surface area contributed by atoms with E-state index in [0.29, 0.717) is 16.5 Å². The standard InChI is InChI=1S/C16H16ClNO3/c1-11-3-8-14(17)15(9-11)21-10-16(19)18-12-4-6-13(20-2)7-5-12/h3-9H,10H2,1-2H3,(H,18,19). The third-order valence-corrected chi connectivity index (χ3v) is 3.13. The summed E-state index contributed by atoms with van der Waals surface area (Å²) in [7, 11) is 1.59. The topological polar surface area (TPSA) is 47.6 Å². The maximum absolute atomic E-state index is 11.8. The molecular formula is C16H16ClNO3. The van der Waals surface area contributed by atoms with Gasteiger partial charge >= 0.3 is 0 Å². The van der Waals surface area contributed by atoms with Crippen molar-refractivity contribution < 1.29 is 14.3 Å². The number of nitrogens with one attached hydrogen (secondary N) is 1. The largest absolute Gasteiger partial charge is 0.497 e. The van der Waals surface area contributed by atoms with E-state index in [0.717, 1.165) is 11.3 Å². The van der Waals surface area contributed by atoms with E-state index < -0.39 is 0 Å². The van der Waals surface area contributed by atoms with Crippen LogP contribution in [0.5, 0.6) is 11.5 Å². The van der Waals surface area contributed by atoms with Crippen LogP contribution in [0.25, 0.3) is 0 Å². The van der Waals surface area contributed by atoms with Gasteiger partial charge in [0.25, 0.3) is 5.91 Å². The molecule has 0 aliphatic rings. The van der Waals surface area contributed by atoms with Gasteiger partial charge in [-0.1, -0.05) is 17.7 Å². The fourth-order valence-electron chi connectivity index (χ4n) is 1.74. The summed E-state index contributed by atoms with van der Waals surface area (Å²) in [6.45, 7) is 1.83. The molecule has 0 aromatic heterocycles. The highest BCUT2D eigenvalue weighted by atomic mass is 35.5. The van der Waals surface area contributed by atoms with Gasteiger partial charge in [-0.15, -0.1) is 0 Å². The molecule has 0 saturated heterocycles. The van der Waals surface area contributed by atoms with E-state index >= 15 is 0 Å². The Morgan fingerprint density at radius 3 is 2.57 bits per heavy atom. The van der Waals surface area contributed by atoms with E-state index in [1.165, 1.54) is 0 Å². The van der Waals surface area contributed by atoms with Crippen molar-refractivity contribution in [1.29, 1.82) is 0 Å². The Labute approximate surface area is 128 Å². The minimum atomic E-state index is -0.252. The molecule has 0 spiro atoms. The molecule has 110 valence electrons. The molecule has 1 N–H and O–H groups in total. The molecule has 0 aliphatic heterocycles. The smallest absolute Gasteiger partial charge is 0.262 e. The zero-order valence-corrected chi connectivity index (χ0v) is 12.6. The number of carbonyl (C=O) groups excluding carboxylic acids is 1. The highest BCUT2D eigenvalue weighted by Crippen LogP contribution is 2.25. The number of rotatable bonds is 5. The van der Waals surface area contributed by atoms with Crippen LogP contribution >= 0.6 is 11.6 Å². The van der Waals surface area contributed by atoms with Gasteiger partial charge in [0, 0.05) is 5.69 Å². The minimum absolute atomic E-state index is 0.102. The van der Waals surface area contributed by atoms with E-state index in [2.05, 4.69) is 5.32 Å². The van der Waals surface area contributed by atoms with Crippen molar-refractivity contribution in [3.8, 4) is 11.5 Å². The van der Waals surface area contributed by atoms with Crippen LogP contribution in [0.4, 0.5) is 5.69 Å². The van der Waals surface area contributed by atoms with Gasteiger partial charge in [0.1, 0.15) is 11.5 Å². The van der Waals surface area contributed by atoms with Gasteiger partial charge in [-0.05, 0) is 48.9 Å². The van der Waals surface area contributed by atoms with Crippen LogP contribution in [0, 0.1) is 6.92 Å². The number of hydrogen-bond donors (Lipinski definition) is 1. The van der Waals surface area contributed by atoms with Crippen molar-refractivity contribution in [3.63, 3.8) is 0 Å². The van der Waals surface area contributed by atoms with Crippen molar-refractivity contribution in [2.24, 2.45) is 0 Å². The molecule has 0 heterocycles. The third-order valence-electron chi connectivity index (χ3n) is 2.82. The van der Waals surface area contributed by atoms with Gasteiger partial charge in [0.05, 0.1) is 12.1 Å². The summed E-state index contributed by atoms with van der Waals surface area (Å²) in [5.41, 5.74) is 1.70. The summed E-state index contributed by atoms with van der Waals surface area (Å²) < 4.78 is 10.5. The second-order valence-electron chi connectivity index (χ2n) is 4.50. The molecule has 1 amide bonds. The molecule has 0 bridgehead atoms. The molecule has 2 aromatic rings. The normalized spacial score (nSPS) is 10.0. The monoisotopic (exact) mass is 305 g/mol. The average Bonchev–Trinajstić information content (AvgIpc) is 2.49. The van der Waals surface area contributed by atoms with Gasteiger partial charge in [0.15, 0.2) is 6.61 Å². The number of halogens is 1. The zero-order chi connectivity index (χ0) is 15.2. The lowest BCUT2D eigenvalue weighted by Crippen LogP contribution is -2.20. The van der Waals surface area contributed by atoms with Gasteiger partial charge in [0.2, 0.25) is 0 Å². The van der Waals surface area contributed by atoms with Crippen molar-refractivity contribution in [3.05, 3.63) is 53.1 Å². The molecular weight excluding hydrogens is 290 g/mol. The summed E-state index contributed by atoms with van der Waals surface area (Å²) in [4.78, 5) is 11.8. The number of methoxy groups -OCH3 is 1. The third kappa shape index (κ3) is 4.39. The van der Waals surface area contributed by atoms with Crippen LogP contribution in [-0.2, 0) is 4.79 Å². The lowest BCUT2D eigenvalue weighted by Gasteiger charge is -2.09. The summed E-state index contributed by atoms with van der Waals surface area (Å²) in [6, 6.07) is 12.5. The van der Waals surface area contributed by atoms with E-state index in [9.17, 15) is 4.79 Å². The van der Waals surface area contributed by atoms with Crippen molar-refractivity contribution in [2.45, 2.75) is 6.92 Å². The lowest BCUT2D eigenvalue weighted by atomic mass is 10.2. The lowest BCUT2D eigenvalue weighted by molar-refractivity contribution is -0.118. The molecule has 0 aliphatic carbocycles. The SMILES string of the molecule is COc1ccc(NC(=O)COc2cc(C)ccc2Cl)cc1. The number of hydrogen-bond acceptors (Lipinski definition) is 3. The molecule has 0 radical (unpaired) electrons. The summed E-state index contributed by atoms with van der Waals surface area (Å²) in [5, 5.41) is 3.22. The predicted octanol–water partition coefficient (Wildman–Crippen LogP) is 3.67. The van der Waals surface area contributed by atoms with Crippen LogP contribution < -0.4 is 14.8 Å². The molecule has 4 nitrogen and oxygen atoms in total.